The Morgan fingerprint density at radius 1 is 1.38 bits per heavy atom. The highest BCUT2D eigenvalue weighted by Gasteiger charge is 2.31. The molecule has 0 amide bonds. The van der Waals surface area contributed by atoms with E-state index in [-0.39, 0.29) is 11.1 Å². The van der Waals surface area contributed by atoms with Crippen LogP contribution < -0.4 is 5.32 Å². The number of rotatable bonds is 6. The molecule has 0 aliphatic carbocycles. The van der Waals surface area contributed by atoms with Crippen molar-refractivity contribution in [2.45, 2.75) is 57.1 Å². The summed E-state index contributed by atoms with van der Waals surface area (Å²) in [5.74, 6) is 0. The SMILES string of the molecule is CCCNCc1ccc(S(=O)(=O)N2CCCCC2C)nc1. The van der Waals surface area contributed by atoms with Crippen LogP contribution in [0.15, 0.2) is 23.4 Å². The lowest BCUT2D eigenvalue weighted by Crippen LogP contribution is -2.42. The Kier molecular flexibility index (Phi) is 5.72. The van der Waals surface area contributed by atoms with Crippen molar-refractivity contribution < 1.29 is 8.42 Å². The van der Waals surface area contributed by atoms with Crippen LogP contribution in [0, 0.1) is 0 Å². The van der Waals surface area contributed by atoms with Crippen molar-refractivity contribution in [3.8, 4) is 0 Å². The third-order valence-electron chi connectivity index (χ3n) is 3.87. The summed E-state index contributed by atoms with van der Waals surface area (Å²) in [4.78, 5) is 4.17. The average Bonchev–Trinajstić information content (AvgIpc) is 2.48. The summed E-state index contributed by atoms with van der Waals surface area (Å²) < 4.78 is 26.8. The summed E-state index contributed by atoms with van der Waals surface area (Å²) in [6.07, 6.45) is 5.69. The topological polar surface area (TPSA) is 62.3 Å². The largest absolute Gasteiger partial charge is 0.313 e. The maximum absolute atomic E-state index is 12.6. The quantitative estimate of drug-likeness (QED) is 0.818. The Balaban J connectivity index is 2.09. The third-order valence-corrected chi connectivity index (χ3v) is 5.80. The van der Waals surface area contributed by atoms with Gasteiger partial charge in [0.2, 0.25) is 0 Å². The Bertz CT molecular complexity index is 543. The molecule has 5 nitrogen and oxygen atoms in total. The lowest BCUT2D eigenvalue weighted by Gasteiger charge is -2.31. The zero-order valence-electron chi connectivity index (χ0n) is 12.9. The highest BCUT2D eigenvalue weighted by Crippen LogP contribution is 2.24. The van der Waals surface area contributed by atoms with E-state index < -0.39 is 10.0 Å². The maximum Gasteiger partial charge on any atom is 0.260 e. The van der Waals surface area contributed by atoms with Gasteiger partial charge in [-0.2, -0.15) is 4.31 Å². The van der Waals surface area contributed by atoms with E-state index in [1.54, 1.807) is 16.6 Å². The molecular formula is C15H25N3O2S. The molecule has 1 fully saturated rings. The smallest absolute Gasteiger partial charge is 0.260 e. The first kappa shape index (κ1) is 16.4. The molecule has 1 aliphatic heterocycles. The van der Waals surface area contributed by atoms with Crippen LogP contribution in [0.5, 0.6) is 0 Å². The van der Waals surface area contributed by atoms with Crippen LogP contribution in [0.4, 0.5) is 0 Å². The number of piperidine rings is 1. The monoisotopic (exact) mass is 311 g/mol. The fraction of sp³-hybridized carbons (Fsp3) is 0.667. The van der Waals surface area contributed by atoms with Crippen molar-refractivity contribution in [2.24, 2.45) is 0 Å². The van der Waals surface area contributed by atoms with E-state index in [9.17, 15) is 8.42 Å². The molecule has 1 aliphatic rings. The normalized spacial score (nSPS) is 20.6. The van der Waals surface area contributed by atoms with Gasteiger partial charge in [0.15, 0.2) is 5.03 Å². The van der Waals surface area contributed by atoms with E-state index >= 15 is 0 Å². The van der Waals surface area contributed by atoms with E-state index in [1.165, 1.54) is 0 Å². The zero-order valence-corrected chi connectivity index (χ0v) is 13.7. The second kappa shape index (κ2) is 7.33. The van der Waals surface area contributed by atoms with Crippen LogP contribution in [0.3, 0.4) is 0 Å². The first-order valence-corrected chi connectivity index (χ1v) is 9.17. The second-order valence-electron chi connectivity index (χ2n) is 5.64. The van der Waals surface area contributed by atoms with E-state index in [0.29, 0.717) is 6.54 Å². The molecule has 1 N–H and O–H groups in total. The molecule has 1 unspecified atom stereocenters. The minimum atomic E-state index is -3.45. The van der Waals surface area contributed by atoms with Crippen LogP contribution in [0.2, 0.25) is 0 Å². The first-order valence-electron chi connectivity index (χ1n) is 7.73. The highest BCUT2D eigenvalue weighted by atomic mass is 32.2. The van der Waals surface area contributed by atoms with Crippen LogP contribution in [-0.2, 0) is 16.6 Å². The van der Waals surface area contributed by atoms with Crippen molar-refractivity contribution in [3.05, 3.63) is 23.9 Å². The fourth-order valence-electron chi connectivity index (χ4n) is 2.63. The van der Waals surface area contributed by atoms with Crippen molar-refractivity contribution in [1.82, 2.24) is 14.6 Å². The highest BCUT2D eigenvalue weighted by molar-refractivity contribution is 7.89. The van der Waals surface area contributed by atoms with Gasteiger partial charge >= 0.3 is 0 Å². The number of hydrogen-bond donors (Lipinski definition) is 1. The molecule has 0 saturated carbocycles. The molecular weight excluding hydrogens is 286 g/mol. The lowest BCUT2D eigenvalue weighted by atomic mass is 10.1. The molecule has 21 heavy (non-hydrogen) atoms. The predicted molar refractivity (Wildman–Crippen MR) is 83.4 cm³/mol. The van der Waals surface area contributed by atoms with Gasteiger partial charge in [0.1, 0.15) is 0 Å². The second-order valence-corrected chi connectivity index (χ2v) is 7.48. The fourth-order valence-corrected chi connectivity index (χ4v) is 4.24. The van der Waals surface area contributed by atoms with E-state index in [1.807, 2.05) is 13.0 Å². The molecule has 2 rings (SSSR count). The molecule has 2 heterocycles. The number of nitrogens with zero attached hydrogens (tertiary/aromatic N) is 2. The van der Waals surface area contributed by atoms with Gasteiger partial charge in [-0.05, 0) is 44.4 Å². The van der Waals surface area contributed by atoms with Crippen molar-refractivity contribution in [2.75, 3.05) is 13.1 Å². The van der Waals surface area contributed by atoms with Crippen LogP contribution in [-0.4, -0.2) is 36.8 Å². The number of hydrogen-bond acceptors (Lipinski definition) is 4. The molecule has 1 aromatic heterocycles. The summed E-state index contributed by atoms with van der Waals surface area (Å²) in [5.41, 5.74) is 1.01. The Labute approximate surface area is 127 Å². The number of pyridine rings is 1. The van der Waals surface area contributed by atoms with Gasteiger partial charge in [-0.25, -0.2) is 13.4 Å². The summed E-state index contributed by atoms with van der Waals surface area (Å²) in [5, 5.41) is 3.44. The molecule has 0 bridgehead atoms. The first-order chi connectivity index (χ1) is 10.1. The van der Waals surface area contributed by atoms with Crippen LogP contribution in [0.25, 0.3) is 0 Å². The van der Waals surface area contributed by atoms with Gasteiger partial charge in [-0.1, -0.05) is 19.4 Å². The zero-order chi connectivity index (χ0) is 15.3. The van der Waals surface area contributed by atoms with Crippen molar-refractivity contribution in [3.63, 3.8) is 0 Å². The number of nitrogens with one attached hydrogen (secondary N) is 1. The van der Waals surface area contributed by atoms with Crippen molar-refractivity contribution >= 4 is 10.0 Å². The average molecular weight is 311 g/mol. The standard InChI is InChI=1S/C15H25N3O2S/c1-3-9-16-11-14-7-8-15(17-12-14)21(19,20)18-10-5-4-6-13(18)2/h7-8,12-13,16H,3-6,9-11H2,1-2H3. The summed E-state index contributed by atoms with van der Waals surface area (Å²) in [6, 6.07) is 3.54. The molecule has 0 spiro atoms. The van der Waals surface area contributed by atoms with Gasteiger partial charge < -0.3 is 5.32 Å². The van der Waals surface area contributed by atoms with E-state index in [2.05, 4.69) is 17.2 Å². The summed E-state index contributed by atoms with van der Waals surface area (Å²) in [6.45, 7) is 6.36. The molecule has 6 heteroatoms. The minimum absolute atomic E-state index is 0.0662. The molecule has 0 aromatic carbocycles. The van der Waals surface area contributed by atoms with Gasteiger partial charge in [0, 0.05) is 25.3 Å². The Morgan fingerprint density at radius 2 is 2.19 bits per heavy atom. The van der Waals surface area contributed by atoms with E-state index in [0.717, 1.165) is 44.3 Å². The molecule has 0 radical (unpaired) electrons. The molecule has 1 saturated heterocycles. The number of sulfonamides is 1. The Morgan fingerprint density at radius 3 is 2.81 bits per heavy atom. The lowest BCUT2D eigenvalue weighted by molar-refractivity contribution is 0.268. The van der Waals surface area contributed by atoms with E-state index in [4.69, 9.17) is 0 Å². The third kappa shape index (κ3) is 4.02. The summed E-state index contributed by atoms with van der Waals surface area (Å²) in [7, 11) is -3.45. The molecule has 1 aromatic rings. The Hall–Kier alpha value is -0.980. The predicted octanol–water partition coefficient (Wildman–Crippen LogP) is 2.14. The van der Waals surface area contributed by atoms with Gasteiger partial charge in [0.05, 0.1) is 0 Å². The van der Waals surface area contributed by atoms with Crippen LogP contribution >= 0.6 is 0 Å². The van der Waals surface area contributed by atoms with Crippen molar-refractivity contribution in [1.29, 1.82) is 0 Å². The van der Waals surface area contributed by atoms with Gasteiger partial charge in [-0.15, -0.1) is 0 Å². The van der Waals surface area contributed by atoms with Gasteiger partial charge in [0.25, 0.3) is 10.0 Å². The molecule has 118 valence electrons. The summed E-state index contributed by atoms with van der Waals surface area (Å²) >= 11 is 0. The van der Waals surface area contributed by atoms with Crippen LogP contribution in [0.1, 0.15) is 45.1 Å². The van der Waals surface area contributed by atoms with Gasteiger partial charge in [-0.3, -0.25) is 0 Å². The number of aromatic nitrogens is 1. The maximum atomic E-state index is 12.6. The molecule has 1 atom stereocenters. The minimum Gasteiger partial charge on any atom is -0.313 e.